The fraction of sp³-hybridized carbons (Fsp3) is 0.286. The van der Waals surface area contributed by atoms with E-state index in [4.69, 9.17) is 0 Å². The maximum absolute atomic E-state index is 9.73. The van der Waals surface area contributed by atoms with E-state index in [-0.39, 0.29) is 6.10 Å². The molecule has 0 unspecified atom stereocenters. The monoisotopic (exact) mass is 141 g/mol. The normalized spacial score (nSPS) is 12.1. The Balaban J connectivity index is 3.11. The van der Waals surface area contributed by atoms with Crippen molar-refractivity contribution in [1.82, 2.24) is 0 Å². The van der Waals surface area contributed by atoms with Crippen LogP contribution in [0.1, 0.15) is 6.92 Å². The lowest BCUT2D eigenvalue weighted by Crippen LogP contribution is -2.07. The Bertz CT molecular complexity index is 101. The van der Waals surface area contributed by atoms with E-state index in [1.54, 1.807) is 13.3 Å². The average molecular weight is 141 g/mol. The number of hydrogen-bond acceptors (Lipinski definition) is 3. The van der Waals surface area contributed by atoms with Crippen LogP contribution in [0.25, 0.3) is 0 Å². The molecular formula is C7H9O3. The van der Waals surface area contributed by atoms with E-state index >= 15 is 0 Å². The van der Waals surface area contributed by atoms with Gasteiger partial charge >= 0.3 is 0 Å². The first-order chi connectivity index (χ1) is 4.81. The van der Waals surface area contributed by atoms with Crippen LogP contribution in [0.3, 0.4) is 0 Å². The molecule has 0 aliphatic rings. The lowest BCUT2D eigenvalue weighted by Gasteiger charge is -2.05. The number of rotatable bonds is 6. The van der Waals surface area contributed by atoms with Gasteiger partial charge in [-0.15, -0.1) is 0 Å². The molecule has 10 heavy (non-hydrogen) atoms. The van der Waals surface area contributed by atoms with Gasteiger partial charge in [-0.05, 0) is 13.3 Å². The quantitative estimate of drug-likeness (QED) is 0.396. The second kappa shape index (κ2) is 6.26. The minimum Gasteiger partial charge on any atom is -0.465 e. The maximum atomic E-state index is 9.73. The summed E-state index contributed by atoms with van der Waals surface area (Å²) in [4.78, 5) is 19.4. The van der Waals surface area contributed by atoms with Gasteiger partial charge in [0.15, 0.2) is 0 Å². The smallest absolute Gasteiger partial charge is 0.293 e. The molecule has 0 N–H and O–H groups in total. The summed E-state index contributed by atoms with van der Waals surface area (Å²) < 4.78 is 4.49. The van der Waals surface area contributed by atoms with E-state index in [0.29, 0.717) is 12.8 Å². The van der Waals surface area contributed by atoms with Gasteiger partial charge in [-0.3, -0.25) is 4.79 Å². The van der Waals surface area contributed by atoms with Gasteiger partial charge in [0.2, 0.25) is 0 Å². The van der Waals surface area contributed by atoms with Crippen LogP contribution in [0.5, 0.6) is 0 Å². The third-order valence-electron chi connectivity index (χ3n) is 0.842. The highest BCUT2D eigenvalue weighted by Crippen LogP contribution is 1.97. The number of hydrogen-bond donors (Lipinski definition) is 0. The van der Waals surface area contributed by atoms with Gasteiger partial charge in [-0.25, -0.2) is 0 Å². The SMILES string of the molecule is C[C@H]([CH][CH][CH]C=O)OC=O. The summed E-state index contributed by atoms with van der Waals surface area (Å²) in [6, 6.07) is 0. The standard InChI is InChI=1S/C7H9O3/c1-7(10-6-9)4-2-3-5-8/h2-7H,1H3/t7-/m1/s1. The van der Waals surface area contributed by atoms with E-state index in [2.05, 4.69) is 4.74 Å². The summed E-state index contributed by atoms with van der Waals surface area (Å²) in [6.07, 6.45) is 4.84. The van der Waals surface area contributed by atoms with Crippen molar-refractivity contribution in [3.63, 3.8) is 0 Å². The summed E-state index contributed by atoms with van der Waals surface area (Å²) in [6.45, 7) is 2.07. The maximum Gasteiger partial charge on any atom is 0.293 e. The highest BCUT2D eigenvalue weighted by molar-refractivity contribution is 5.64. The molecular weight excluding hydrogens is 132 g/mol. The first-order valence-corrected chi connectivity index (χ1v) is 2.85. The van der Waals surface area contributed by atoms with Gasteiger partial charge in [0.1, 0.15) is 12.4 Å². The second-order valence-corrected chi connectivity index (χ2v) is 1.65. The predicted molar refractivity (Wildman–Crippen MR) is 35.6 cm³/mol. The van der Waals surface area contributed by atoms with Crippen molar-refractivity contribution in [3.8, 4) is 0 Å². The van der Waals surface area contributed by atoms with Crippen molar-refractivity contribution in [2.75, 3.05) is 0 Å². The van der Waals surface area contributed by atoms with E-state index in [1.165, 1.54) is 12.8 Å². The van der Waals surface area contributed by atoms with Crippen LogP contribution in [-0.4, -0.2) is 18.9 Å². The van der Waals surface area contributed by atoms with Crippen molar-refractivity contribution in [2.24, 2.45) is 0 Å². The first-order valence-electron chi connectivity index (χ1n) is 2.85. The predicted octanol–water partition coefficient (Wildman–Crippen LogP) is 0.360. The number of ether oxygens (including phenoxy) is 1. The Labute approximate surface area is 60.4 Å². The van der Waals surface area contributed by atoms with Crippen molar-refractivity contribution in [1.29, 1.82) is 0 Å². The summed E-state index contributed by atoms with van der Waals surface area (Å²) in [5.41, 5.74) is 0. The molecule has 0 amide bonds. The van der Waals surface area contributed by atoms with Gasteiger partial charge in [-0.2, -0.15) is 0 Å². The zero-order chi connectivity index (χ0) is 7.82. The Morgan fingerprint density at radius 2 is 2.00 bits per heavy atom. The fourth-order valence-corrected chi connectivity index (χ4v) is 0.399. The molecule has 0 fully saturated rings. The Morgan fingerprint density at radius 1 is 1.30 bits per heavy atom. The lowest BCUT2D eigenvalue weighted by atomic mass is 10.2. The topological polar surface area (TPSA) is 43.4 Å². The van der Waals surface area contributed by atoms with Gasteiger partial charge in [0, 0.05) is 12.8 Å². The van der Waals surface area contributed by atoms with Crippen LogP contribution in [0.15, 0.2) is 0 Å². The first kappa shape index (κ1) is 9.14. The largest absolute Gasteiger partial charge is 0.465 e. The summed E-state index contributed by atoms with van der Waals surface area (Å²) in [7, 11) is 0. The number of carbonyl (C=O) groups is 2. The van der Waals surface area contributed by atoms with Gasteiger partial charge in [0.05, 0.1) is 0 Å². The van der Waals surface area contributed by atoms with Crippen molar-refractivity contribution >= 4 is 12.8 Å². The molecule has 3 heteroatoms. The molecule has 0 aromatic rings. The molecule has 0 bridgehead atoms. The zero-order valence-corrected chi connectivity index (χ0v) is 5.69. The van der Waals surface area contributed by atoms with E-state index < -0.39 is 0 Å². The van der Waals surface area contributed by atoms with Gasteiger partial charge in [0.25, 0.3) is 6.47 Å². The van der Waals surface area contributed by atoms with Crippen molar-refractivity contribution in [2.45, 2.75) is 13.0 Å². The molecule has 0 heterocycles. The van der Waals surface area contributed by atoms with Crippen molar-refractivity contribution in [3.05, 3.63) is 19.3 Å². The molecule has 0 aliphatic carbocycles. The average Bonchev–Trinajstić information content (AvgIpc) is 1.89. The van der Waals surface area contributed by atoms with Crippen molar-refractivity contribution < 1.29 is 14.3 Å². The molecule has 3 nitrogen and oxygen atoms in total. The molecule has 0 saturated carbocycles. The van der Waals surface area contributed by atoms with E-state index in [9.17, 15) is 9.59 Å². The highest BCUT2D eigenvalue weighted by Gasteiger charge is 2.00. The molecule has 0 aromatic heterocycles. The number of unbranched alkanes of at least 4 members (excludes halogenated alkanes) is 1. The molecule has 0 aromatic carbocycles. The Kier molecular flexibility index (Phi) is 5.72. The highest BCUT2D eigenvalue weighted by atomic mass is 16.5. The van der Waals surface area contributed by atoms with Crippen LogP contribution in [-0.2, 0) is 14.3 Å². The lowest BCUT2D eigenvalue weighted by molar-refractivity contribution is -0.131. The molecule has 0 aliphatic heterocycles. The Hall–Kier alpha value is -0.860. The minimum absolute atomic E-state index is 0.270. The third-order valence-corrected chi connectivity index (χ3v) is 0.842. The Morgan fingerprint density at radius 3 is 2.50 bits per heavy atom. The molecule has 0 saturated heterocycles. The van der Waals surface area contributed by atoms with Crippen LogP contribution in [0.4, 0.5) is 0 Å². The number of aldehydes is 1. The minimum atomic E-state index is -0.270. The molecule has 3 radical (unpaired) electrons. The molecule has 55 valence electrons. The number of carbonyl (C=O) groups excluding carboxylic acids is 2. The third kappa shape index (κ3) is 5.28. The van der Waals surface area contributed by atoms with Crippen LogP contribution >= 0.6 is 0 Å². The summed E-state index contributed by atoms with van der Waals surface area (Å²) in [5.74, 6) is 0. The van der Waals surface area contributed by atoms with Crippen LogP contribution in [0, 0.1) is 19.3 Å². The van der Waals surface area contributed by atoms with E-state index in [0.717, 1.165) is 0 Å². The van der Waals surface area contributed by atoms with Gasteiger partial charge in [-0.1, -0.05) is 0 Å². The van der Waals surface area contributed by atoms with Crippen LogP contribution < -0.4 is 0 Å². The van der Waals surface area contributed by atoms with E-state index in [1.807, 2.05) is 0 Å². The summed E-state index contributed by atoms with van der Waals surface area (Å²) >= 11 is 0. The van der Waals surface area contributed by atoms with Crippen LogP contribution in [0.2, 0.25) is 0 Å². The zero-order valence-electron chi connectivity index (χ0n) is 5.69. The fourth-order valence-electron chi connectivity index (χ4n) is 0.399. The molecule has 0 rings (SSSR count). The molecule has 1 atom stereocenters. The second-order valence-electron chi connectivity index (χ2n) is 1.65. The summed E-state index contributed by atoms with van der Waals surface area (Å²) in [5, 5.41) is 0. The molecule has 0 spiro atoms. The van der Waals surface area contributed by atoms with Gasteiger partial charge < -0.3 is 9.53 Å².